The summed E-state index contributed by atoms with van der Waals surface area (Å²) in [5.74, 6) is -0.362. The highest BCUT2D eigenvalue weighted by molar-refractivity contribution is 7.21. The van der Waals surface area contributed by atoms with Gasteiger partial charge in [-0.25, -0.2) is 19.3 Å². The zero-order valence-corrected chi connectivity index (χ0v) is 22.0. The largest absolute Gasteiger partial charge is 0.396 e. The number of hydrogen-bond acceptors (Lipinski definition) is 10. The minimum absolute atomic E-state index is 0.0406. The number of fused-ring (bicyclic) bond motifs is 2. The third kappa shape index (κ3) is 5.24. The van der Waals surface area contributed by atoms with E-state index in [0.29, 0.717) is 65.7 Å². The van der Waals surface area contributed by atoms with E-state index in [0.717, 1.165) is 17.0 Å². The lowest BCUT2D eigenvalue weighted by Gasteiger charge is -2.27. The number of carbonyl (C=O) groups is 1. The highest BCUT2D eigenvalue weighted by Gasteiger charge is 2.34. The maximum absolute atomic E-state index is 15.2. The molecule has 4 atom stereocenters. The van der Waals surface area contributed by atoms with E-state index >= 15 is 4.39 Å². The Morgan fingerprint density at radius 3 is 2.97 bits per heavy atom. The summed E-state index contributed by atoms with van der Waals surface area (Å²) in [5.41, 5.74) is 15.7. The maximum Gasteiger partial charge on any atom is 0.263 e. The number of carbonyl (C=O) groups excluding carboxylic acids is 1. The van der Waals surface area contributed by atoms with Crippen molar-refractivity contribution in [2.75, 3.05) is 37.4 Å². The molecule has 1 saturated heterocycles. The number of anilines is 2. The van der Waals surface area contributed by atoms with Gasteiger partial charge in [0.1, 0.15) is 15.2 Å². The summed E-state index contributed by atoms with van der Waals surface area (Å²) in [6.45, 7) is 5.13. The number of nitrogens with zero attached hydrogens (tertiary/aromatic N) is 4. The number of aromatic nitrogens is 3. The molecule has 0 aromatic carbocycles. The second-order valence-corrected chi connectivity index (χ2v) is 10.8. The molecule has 2 aliphatic rings. The molecule has 1 fully saturated rings. The van der Waals surface area contributed by atoms with E-state index in [4.69, 9.17) is 20.9 Å². The molecule has 4 heterocycles. The summed E-state index contributed by atoms with van der Waals surface area (Å²) in [6.07, 6.45) is 3.18. The smallest absolute Gasteiger partial charge is 0.263 e. The molecule has 12 heteroatoms. The van der Waals surface area contributed by atoms with Crippen molar-refractivity contribution >= 4 is 39.1 Å². The molecule has 10 nitrogen and oxygen atoms in total. The van der Waals surface area contributed by atoms with Crippen LogP contribution in [0.15, 0.2) is 12.3 Å². The SMILES string of the molecule is COC(C)COC1CN(c2nc3c(cc2F)CC(NC(=O)c2sc4nc(C)cnc4c2N)CC3)CC1N. The second-order valence-electron chi connectivity index (χ2n) is 9.81. The molecule has 0 radical (unpaired) electrons. The van der Waals surface area contributed by atoms with Gasteiger partial charge in [0.15, 0.2) is 11.6 Å². The zero-order valence-electron chi connectivity index (χ0n) is 21.2. The van der Waals surface area contributed by atoms with Crippen LogP contribution in [0.3, 0.4) is 0 Å². The Hall–Kier alpha value is -2.93. The predicted octanol–water partition coefficient (Wildman–Crippen LogP) is 1.97. The standard InChI is InChI=1S/C25H32FN7O3S/c1-12-8-29-21-20(28)22(37-25(21)30-12)24(34)31-15-4-5-18-14(6-15)7-16(26)23(32-18)33-9-17(27)19(10-33)36-11-13(2)35-3/h7-8,13,15,17,19H,4-6,9-11,27-28H2,1-3H3,(H,31,34). The van der Waals surface area contributed by atoms with Gasteiger partial charge in [0.05, 0.1) is 36.2 Å². The van der Waals surface area contributed by atoms with Gasteiger partial charge >= 0.3 is 0 Å². The van der Waals surface area contributed by atoms with Crippen LogP contribution in [0.1, 0.15) is 40.0 Å². The van der Waals surface area contributed by atoms with Crippen LogP contribution in [0.4, 0.5) is 15.9 Å². The summed E-state index contributed by atoms with van der Waals surface area (Å²) in [6, 6.07) is 1.14. The summed E-state index contributed by atoms with van der Waals surface area (Å²) < 4.78 is 26.3. The van der Waals surface area contributed by atoms with E-state index < -0.39 is 5.82 Å². The second kappa shape index (κ2) is 10.4. The number of ether oxygens (including phenoxy) is 2. The Morgan fingerprint density at radius 2 is 2.19 bits per heavy atom. The molecular formula is C25H32FN7O3S. The molecular weight excluding hydrogens is 497 g/mol. The maximum atomic E-state index is 15.2. The predicted molar refractivity (Wildman–Crippen MR) is 140 cm³/mol. The first-order valence-corrected chi connectivity index (χ1v) is 13.2. The van der Waals surface area contributed by atoms with Crippen molar-refractivity contribution in [2.45, 2.75) is 57.4 Å². The Morgan fingerprint density at radius 1 is 1.38 bits per heavy atom. The quantitative estimate of drug-likeness (QED) is 0.419. The number of halogens is 1. The van der Waals surface area contributed by atoms with Crippen LogP contribution in [0.25, 0.3) is 10.3 Å². The molecule has 198 valence electrons. The number of hydrogen-bond donors (Lipinski definition) is 3. The monoisotopic (exact) mass is 529 g/mol. The number of aryl methyl sites for hydroxylation is 2. The van der Waals surface area contributed by atoms with E-state index in [-0.39, 0.29) is 30.2 Å². The zero-order chi connectivity index (χ0) is 26.3. The normalized spacial score (nSPS) is 22.3. The topological polar surface area (TPSA) is 142 Å². The van der Waals surface area contributed by atoms with Crippen molar-refractivity contribution in [3.05, 3.63) is 39.9 Å². The number of methoxy groups -OCH3 is 1. The van der Waals surface area contributed by atoms with Gasteiger partial charge < -0.3 is 31.2 Å². The summed E-state index contributed by atoms with van der Waals surface area (Å²) >= 11 is 1.23. The van der Waals surface area contributed by atoms with Crippen molar-refractivity contribution in [1.29, 1.82) is 0 Å². The Bertz CT molecular complexity index is 1320. The van der Waals surface area contributed by atoms with Crippen molar-refractivity contribution in [1.82, 2.24) is 20.3 Å². The van der Waals surface area contributed by atoms with Gasteiger partial charge in [-0.3, -0.25) is 4.79 Å². The van der Waals surface area contributed by atoms with Crippen LogP contribution in [0, 0.1) is 12.7 Å². The number of thiophene rings is 1. The van der Waals surface area contributed by atoms with Crippen LogP contribution in [0.2, 0.25) is 0 Å². The number of rotatable bonds is 7. The van der Waals surface area contributed by atoms with Crippen molar-refractivity contribution in [3.8, 4) is 0 Å². The van der Waals surface area contributed by atoms with Gasteiger partial charge in [-0.05, 0) is 44.7 Å². The van der Waals surface area contributed by atoms with Crippen LogP contribution in [0.5, 0.6) is 0 Å². The average Bonchev–Trinajstić information content (AvgIpc) is 3.40. The van der Waals surface area contributed by atoms with E-state index in [9.17, 15) is 4.79 Å². The number of nitrogens with two attached hydrogens (primary N) is 2. The van der Waals surface area contributed by atoms with Crippen LogP contribution < -0.4 is 21.7 Å². The first kappa shape index (κ1) is 25.7. The van der Waals surface area contributed by atoms with Crippen LogP contribution in [-0.4, -0.2) is 72.0 Å². The van der Waals surface area contributed by atoms with Crippen molar-refractivity contribution < 1.29 is 18.7 Å². The summed E-state index contributed by atoms with van der Waals surface area (Å²) in [4.78, 5) is 29.3. The number of nitrogen functional groups attached to an aromatic ring is 1. The fourth-order valence-corrected chi connectivity index (χ4v) is 5.84. The molecule has 4 unspecified atom stereocenters. The van der Waals surface area contributed by atoms with Crippen molar-refractivity contribution in [2.24, 2.45) is 5.73 Å². The number of amides is 1. The molecule has 3 aromatic heterocycles. The lowest BCUT2D eigenvalue weighted by atomic mass is 9.91. The van der Waals surface area contributed by atoms with Gasteiger partial charge in [0, 0.05) is 38.1 Å². The fourth-order valence-electron chi connectivity index (χ4n) is 4.84. The third-order valence-electron chi connectivity index (χ3n) is 6.98. The highest BCUT2D eigenvalue weighted by atomic mass is 32.1. The van der Waals surface area contributed by atoms with Gasteiger partial charge in [0.25, 0.3) is 5.91 Å². The van der Waals surface area contributed by atoms with E-state index in [1.54, 1.807) is 13.3 Å². The van der Waals surface area contributed by atoms with E-state index in [1.807, 2.05) is 18.7 Å². The minimum Gasteiger partial charge on any atom is -0.396 e. The van der Waals surface area contributed by atoms with E-state index in [1.165, 1.54) is 17.4 Å². The third-order valence-corrected chi connectivity index (χ3v) is 8.07. The molecule has 0 bridgehead atoms. The number of pyridine rings is 1. The van der Waals surface area contributed by atoms with Gasteiger partial charge in [-0.1, -0.05) is 0 Å². The fraction of sp³-hybridized carbons (Fsp3) is 0.520. The highest BCUT2D eigenvalue weighted by Crippen LogP contribution is 2.32. The number of nitrogens with one attached hydrogen (secondary N) is 1. The molecule has 1 aliphatic carbocycles. The molecule has 5 N–H and O–H groups in total. The molecule has 1 aliphatic heterocycles. The first-order valence-electron chi connectivity index (χ1n) is 12.4. The van der Waals surface area contributed by atoms with Crippen LogP contribution in [-0.2, 0) is 22.3 Å². The average molecular weight is 530 g/mol. The molecule has 0 saturated carbocycles. The minimum atomic E-state index is -0.398. The Kier molecular flexibility index (Phi) is 7.26. The molecule has 3 aromatic rings. The van der Waals surface area contributed by atoms with Gasteiger partial charge in [0.2, 0.25) is 0 Å². The molecule has 0 spiro atoms. The van der Waals surface area contributed by atoms with Gasteiger partial charge in [-0.15, -0.1) is 11.3 Å². The summed E-state index contributed by atoms with van der Waals surface area (Å²) in [5, 5.41) is 3.05. The van der Waals surface area contributed by atoms with Crippen LogP contribution >= 0.6 is 11.3 Å². The lowest BCUT2D eigenvalue weighted by Crippen LogP contribution is -2.39. The van der Waals surface area contributed by atoms with Crippen molar-refractivity contribution in [3.63, 3.8) is 0 Å². The molecule has 37 heavy (non-hydrogen) atoms. The lowest BCUT2D eigenvalue weighted by molar-refractivity contribution is -0.0166. The van der Waals surface area contributed by atoms with E-state index in [2.05, 4.69) is 20.3 Å². The Balaban J connectivity index is 1.25. The molecule has 1 amide bonds. The molecule has 5 rings (SSSR count). The van der Waals surface area contributed by atoms with Gasteiger partial charge in [-0.2, -0.15) is 0 Å². The Labute approximate surface area is 218 Å². The first-order chi connectivity index (χ1) is 17.7. The summed E-state index contributed by atoms with van der Waals surface area (Å²) in [7, 11) is 1.63.